The Bertz CT molecular complexity index is 1170. The summed E-state index contributed by atoms with van der Waals surface area (Å²) in [4.78, 5) is 4.34. The van der Waals surface area contributed by atoms with Crippen LogP contribution in [0.3, 0.4) is 0 Å². The van der Waals surface area contributed by atoms with Gasteiger partial charge in [0.15, 0.2) is 11.0 Å². The number of nitrogens with zero attached hydrogens (tertiary/aromatic N) is 5. The Labute approximate surface area is 185 Å². The van der Waals surface area contributed by atoms with E-state index in [1.54, 1.807) is 12.3 Å². The Balaban J connectivity index is 1.56. The maximum Gasteiger partial charge on any atom is 0.197 e. The van der Waals surface area contributed by atoms with Gasteiger partial charge in [-0.2, -0.15) is 5.26 Å². The van der Waals surface area contributed by atoms with Crippen LogP contribution >= 0.6 is 11.8 Å². The van der Waals surface area contributed by atoms with Crippen molar-refractivity contribution in [3.8, 4) is 11.8 Å². The van der Waals surface area contributed by atoms with Crippen LogP contribution in [0.25, 0.3) is 0 Å². The van der Waals surface area contributed by atoms with Crippen molar-refractivity contribution in [2.24, 2.45) is 0 Å². The molecule has 0 bridgehead atoms. The minimum absolute atomic E-state index is 0.312. The predicted molar refractivity (Wildman–Crippen MR) is 119 cm³/mol. The van der Waals surface area contributed by atoms with E-state index in [9.17, 15) is 0 Å². The topological polar surface area (TPSA) is 76.6 Å². The number of hydrogen-bond donors (Lipinski definition) is 0. The van der Waals surface area contributed by atoms with Crippen LogP contribution in [0.15, 0.2) is 83.1 Å². The first kappa shape index (κ1) is 20.6. The number of hydrogen-bond acceptors (Lipinski definition) is 6. The molecule has 7 heteroatoms. The molecule has 4 rings (SSSR count). The second-order valence-corrected chi connectivity index (χ2v) is 7.84. The van der Waals surface area contributed by atoms with E-state index in [1.165, 1.54) is 17.3 Å². The van der Waals surface area contributed by atoms with Crippen molar-refractivity contribution in [3.05, 3.63) is 95.4 Å². The average Bonchev–Trinajstić information content (AvgIpc) is 3.20. The predicted octanol–water partition coefficient (Wildman–Crippen LogP) is 4.89. The smallest absolute Gasteiger partial charge is 0.197 e. The summed E-state index contributed by atoms with van der Waals surface area (Å²) in [6, 6.07) is 23.9. The van der Waals surface area contributed by atoms with Gasteiger partial charge in [0, 0.05) is 6.20 Å². The minimum atomic E-state index is 0.312. The summed E-state index contributed by atoms with van der Waals surface area (Å²) in [6.07, 6.45) is 2.56. The van der Waals surface area contributed by atoms with E-state index in [1.807, 2.05) is 41.0 Å². The summed E-state index contributed by atoms with van der Waals surface area (Å²) >= 11 is 1.41. The molecule has 0 aliphatic carbocycles. The molecule has 0 atom stereocenters. The van der Waals surface area contributed by atoms with E-state index in [0.29, 0.717) is 18.7 Å². The fourth-order valence-corrected chi connectivity index (χ4v) is 3.79. The van der Waals surface area contributed by atoms with Crippen molar-refractivity contribution in [2.45, 2.75) is 36.7 Å². The fourth-order valence-electron chi connectivity index (χ4n) is 3.00. The fraction of sp³-hybridized carbons (Fsp3) is 0.167. The van der Waals surface area contributed by atoms with Gasteiger partial charge < -0.3 is 4.74 Å². The number of rotatable bonds is 8. The molecule has 31 heavy (non-hydrogen) atoms. The van der Waals surface area contributed by atoms with Gasteiger partial charge in [-0.1, -0.05) is 49.4 Å². The highest BCUT2D eigenvalue weighted by molar-refractivity contribution is 7.99. The van der Waals surface area contributed by atoms with Gasteiger partial charge in [-0.25, -0.2) is 4.98 Å². The Morgan fingerprint density at radius 3 is 2.45 bits per heavy atom. The van der Waals surface area contributed by atoms with Crippen molar-refractivity contribution in [1.82, 2.24) is 19.7 Å². The van der Waals surface area contributed by atoms with Crippen LogP contribution in [-0.2, 0) is 19.6 Å². The molecule has 0 N–H and O–H groups in total. The Kier molecular flexibility index (Phi) is 6.60. The summed E-state index contributed by atoms with van der Waals surface area (Å²) in [5.41, 5.74) is 2.94. The number of ether oxygens (including phenoxy) is 1. The zero-order chi connectivity index (χ0) is 21.5. The van der Waals surface area contributed by atoms with Crippen molar-refractivity contribution >= 4 is 11.8 Å². The quantitative estimate of drug-likeness (QED) is 0.399. The molecule has 4 aromatic rings. The first-order chi connectivity index (χ1) is 15.2. The maximum absolute atomic E-state index is 8.97. The lowest BCUT2D eigenvalue weighted by molar-refractivity contribution is 0.289. The highest BCUT2D eigenvalue weighted by atomic mass is 32.2. The third kappa shape index (κ3) is 5.30. The molecule has 0 radical (unpaired) electrons. The number of pyridine rings is 1. The van der Waals surface area contributed by atoms with Gasteiger partial charge in [0.2, 0.25) is 0 Å². The van der Waals surface area contributed by atoms with Crippen LogP contribution in [-0.4, -0.2) is 19.7 Å². The van der Waals surface area contributed by atoms with Crippen LogP contribution in [0, 0.1) is 11.3 Å². The molecule has 154 valence electrons. The number of nitriles is 1. The summed E-state index contributed by atoms with van der Waals surface area (Å²) in [5.74, 6) is 1.54. The molecule has 0 fully saturated rings. The summed E-state index contributed by atoms with van der Waals surface area (Å²) in [7, 11) is 0. The lowest BCUT2D eigenvalue weighted by Gasteiger charge is -2.11. The zero-order valence-corrected chi connectivity index (χ0v) is 17.9. The summed E-state index contributed by atoms with van der Waals surface area (Å²) in [6.45, 7) is 3.07. The summed E-state index contributed by atoms with van der Waals surface area (Å²) in [5, 5.41) is 19.2. The molecule has 2 aromatic heterocycles. The molecule has 0 saturated carbocycles. The number of benzene rings is 2. The molecular weight excluding hydrogens is 406 g/mol. The van der Waals surface area contributed by atoms with Gasteiger partial charge in [-0.3, -0.25) is 4.57 Å². The molecule has 0 aliphatic rings. The average molecular weight is 428 g/mol. The van der Waals surface area contributed by atoms with E-state index in [-0.39, 0.29) is 0 Å². The first-order valence-electron chi connectivity index (χ1n) is 9.97. The normalized spacial score (nSPS) is 10.6. The molecular formula is C24H21N5OS. The van der Waals surface area contributed by atoms with E-state index in [2.05, 4.69) is 52.4 Å². The lowest BCUT2D eigenvalue weighted by atomic mass is 10.2. The zero-order valence-electron chi connectivity index (χ0n) is 17.1. The van der Waals surface area contributed by atoms with E-state index in [4.69, 9.17) is 10.00 Å². The van der Waals surface area contributed by atoms with Crippen LogP contribution in [0.2, 0.25) is 0 Å². The number of aromatic nitrogens is 4. The van der Waals surface area contributed by atoms with E-state index >= 15 is 0 Å². The number of aryl methyl sites for hydroxylation is 1. The third-order valence-corrected chi connectivity index (χ3v) is 5.67. The Morgan fingerprint density at radius 1 is 0.968 bits per heavy atom. The molecule has 0 saturated heterocycles. The van der Waals surface area contributed by atoms with E-state index in [0.717, 1.165) is 33.7 Å². The SMILES string of the molecule is CCc1ccc(OCc2nnc(Sc3ccc(C#N)cn3)n2Cc2ccccc2)cc1. The van der Waals surface area contributed by atoms with Gasteiger partial charge in [0.1, 0.15) is 23.5 Å². The van der Waals surface area contributed by atoms with Crippen molar-refractivity contribution < 1.29 is 4.74 Å². The molecule has 0 spiro atoms. The second-order valence-electron chi connectivity index (χ2n) is 6.86. The molecule has 2 heterocycles. The van der Waals surface area contributed by atoms with Crippen molar-refractivity contribution in [3.63, 3.8) is 0 Å². The molecule has 6 nitrogen and oxygen atoms in total. The van der Waals surface area contributed by atoms with Crippen LogP contribution in [0.4, 0.5) is 0 Å². The third-order valence-electron chi connectivity index (χ3n) is 4.74. The first-order valence-corrected chi connectivity index (χ1v) is 10.8. The molecule has 2 aromatic carbocycles. The lowest BCUT2D eigenvalue weighted by Crippen LogP contribution is -2.09. The second kappa shape index (κ2) is 9.92. The highest BCUT2D eigenvalue weighted by Gasteiger charge is 2.15. The van der Waals surface area contributed by atoms with Gasteiger partial charge >= 0.3 is 0 Å². The molecule has 0 amide bonds. The van der Waals surface area contributed by atoms with E-state index < -0.39 is 0 Å². The minimum Gasteiger partial charge on any atom is -0.486 e. The van der Waals surface area contributed by atoms with Crippen molar-refractivity contribution in [1.29, 1.82) is 5.26 Å². The van der Waals surface area contributed by atoms with Crippen LogP contribution in [0.1, 0.15) is 29.4 Å². The monoisotopic (exact) mass is 427 g/mol. The Morgan fingerprint density at radius 2 is 1.77 bits per heavy atom. The molecule has 0 unspecified atom stereocenters. The maximum atomic E-state index is 8.97. The largest absolute Gasteiger partial charge is 0.486 e. The van der Waals surface area contributed by atoms with Gasteiger partial charge in [-0.15, -0.1) is 10.2 Å². The van der Waals surface area contributed by atoms with Gasteiger partial charge in [0.05, 0.1) is 12.1 Å². The summed E-state index contributed by atoms with van der Waals surface area (Å²) < 4.78 is 8.02. The van der Waals surface area contributed by atoms with Crippen molar-refractivity contribution in [2.75, 3.05) is 0 Å². The molecule has 0 aliphatic heterocycles. The standard InChI is InChI=1S/C24H21N5OS/c1-2-18-8-11-21(12-9-18)30-17-22-27-28-24(29(22)16-19-6-4-3-5-7-19)31-23-13-10-20(14-25)15-26-23/h3-13,15H,2,16-17H2,1H3. The van der Waals surface area contributed by atoms with Gasteiger partial charge in [0.25, 0.3) is 0 Å². The van der Waals surface area contributed by atoms with Crippen LogP contribution < -0.4 is 4.74 Å². The highest BCUT2D eigenvalue weighted by Crippen LogP contribution is 2.26. The Hall–Kier alpha value is -3.63. The van der Waals surface area contributed by atoms with Gasteiger partial charge in [-0.05, 0) is 53.6 Å². The van der Waals surface area contributed by atoms with Crippen LogP contribution in [0.5, 0.6) is 5.75 Å².